The number of ether oxygens (including phenoxy) is 1. The van der Waals surface area contributed by atoms with Gasteiger partial charge in [0.25, 0.3) is 0 Å². The maximum Gasteiger partial charge on any atom is 0.250 e. The average Bonchev–Trinajstić information content (AvgIpc) is 2.61. The highest BCUT2D eigenvalue weighted by Crippen LogP contribution is 2.24. The SMILES string of the molecule is CSc1ccccc1NC(=O)COCC(=O)NCc1cccnc1. The van der Waals surface area contributed by atoms with Crippen LogP contribution in [-0.4, -0.2) is 36.3 Å². The van der Waals surface area contributed by atoms with E-state index in [0.717, 1.165) is 16.1 Å². The van der Waals surface area contributed by atoms with Crippen molar-refractivity contribution in [2.45, 2.75) is 11.4 Å². The number of rotatable bonds is 8. The van der Waals surface area contributed by atoms with Crippen LogP contribution in [-0.2, 0) is 20.9 Å². The summed E-state index contributed by atoms with van der Waals surface area (Å²) in [5.74, 6) is -0.576. The van der Waals surface area contributed by atoms with Gasteiger partial charge in [-0.15, -0.1) is 11.8 Å². The first-order valence-electron chi connectivity index (χ1n) is 7.35. The lowest BCUT2D eigenvalue weighted by atomic mass is 10.3. The predicted molar refractivity (Wildman–Crippen MR) is 93.8 cm³/mol. The Morgan fingerprint density at radius 3 is 2.67 bits per heavy atom. The number of amides is 2. The summed E-state index contributed by atoms with van der Waals surface area (Å²) in [6.07, 6.45) is 5.29. The number of hydrogen-bond acceptors (Lipinski definition) is 5. The van der Waals surface area contributed by atoms with Crippen LogP contribution in [0.25, 0.3) is 0 Å². The third kappa shape index (κ3) is 6.02. The molecule has 0 saturated heterocycles. The van der Waals surface area contributed by atoms with Gasteiger partial charge < -0.3 is 15.4 Å². The van der Waals surface area contributed by atoms with E-state index in [1.807, 2.05) is 36.6 Å². The van der Waals surface area contributed by atoms with Crippen LogP contribution in [0, 0.1) is 0 Å². The molecule has 126 valence electrons. The van der Waals surface area contributed by atoms with Crippen molar-refractivity contribution in [1.82, 2.24) is 10.3 Å². The second kappa shape index (κ2) is 9.69. The van der Waals surface area contributed by atoms with Crippen molar-refractivity contribution >= 4 is 29.3 Å². The number of nitrogens with zero attached hydrogens (tertiary/aromatic N) is 1. The molecule has 0 aliphatic rings. The maximum absolute atomic E-state index is 11.9. The molecule has 2 rings (SSSR count). The summed E-state index contributed by atoms with van der Waals surface area (Å²) in [5.41, 5.74) is 1.64. The molecule has 0 saturated carbocycles. The highest BCUT2D eigenvalue weighted by Gasteiger charge is 2.08. The molecule has 7 heteroatoms. The molecule has 2 aromatic rings. The number of benzene rings is 1. The van der Waals surface area contributed by atoms with Gasteiger partial charge >= 0.3 is 0 Å². The fraction of sp³-hybridized carbons (Fsp3) is 0.235. The van der Waals surface area contributed by atoms with Crippen LogP contribution >= 0.6 is 11.8 Å². The number of hydrogen-bond donors (Lipinski definition) is 2. The fourth-order valence-electron chi connectivity index (χ4n) is 1.92. The zero-order valence-corrected chi connectivity index (χ0v) is 14.1. The normalized spacial score (nSPS) is 10.2. The molecule has 0 aliphatic carbocycles. The number of thioether (sulfide) groups is 1. The fourth-order valence-corrected chi connectivity index (χ4v) is 2.48. The summed E-state index contributed by atoms with van der Waals surface area (Å²) in [7, 11) is 0. The smallest absolute Gasteiger partial charge is 0.250 e. The summed E-state index contributed by atoms with van der Waals surface area (Å²) >= 11 is 1.55. The monoisotopic (exact) mass is 345 g/mol. The van der Waals surface area contributed by atoms with E-state index >= 15 is 0 Å². The van der Waals surface area contributed by atoms with Crippen molar-refractivity contribution in [3.63, 3.8) is 0 Å². The standard InChI is InChI=1S/C17H19N3O3S/c1-24-15-7-3-2-6-14(15)20-17(22)12-23-11-16(21)19-10-13-5-4-8-18-9-13/h2-9H,10-12H2,1H3,(H,19,21)(H,20,22). The van der Waals surface area contributed by atoms with Gasteiger partial charge in [-0.25, -0.2) is 0 Å². The molecule has 0 spiro atoms. The van der Waals surface area contributed by atoms with E-state index in [2.05, 4.69) is 15.6 Å². The van der Waals surface area contributed by atoms with Crippen molar-refractivity contribution in [2.75, 3.05) is 24.8 Å². The minimum atomic E-state index is -0.295. The van der Waals surface area contributed by atoms with E-state index in [-0.39, 0.29) is 25.0 Å². The van der Waals surface area contributed by atoms with Gasteiger partial charge in [0.05, 0.1) is 5.69 Å². The van der Waals surface area contributed by atoms with Crippen LogP contribution in [0.15, 0.2) is 53.7 Å². The highest BCUT2D eigenvalue weighted by molar-refractivity contribution is 7.98. The highest BCUT2D eigenvalue weighted by atomic mass is 32.2. The van der Waals surface area contributed by atoms with E-state index in [1.54, 1.807) is 30.2 Å². The van der Waals surface area contributed by atoms with E-state index in [0.29, 0.717) is 6.54 Å². The van der Waals surface area contributed by atoms with Crippen molar-refractivity contribution in [2.24, 2.45) is 0 Å². The van der Waals surface area contributed by atoms with Gasteiger partial charge in [-0.1, -0.05) is 18.2 Å². The van der Waals surface area contributed by atoms with Gasteiger partial charge in [0.15, 0.2) is 0 Å². The summed E-state index contributed by atoms with van der Waals surface area (Å²) in [5, 5.41) is 5.47. The molecule has 0 aliphatic heterocycles. The van der Waals surface area contributed by atoms with Gasteiger partial charge in [0, 0.05) is 23.8 Å². The summed E-state index contributed by atoms with van der Waals surface area (Å²) in [4.78, 5) is 28.5. The number of carbonyl (C=O) groups excluding carboxylic acids is 2. The lowest BCUT2D eigenvalue weighted by Gasteiger charge is -2.09. The van der Waals surface area contributed by atoms with Crippen LogP contribution in [0.3, 0.4) is 0 Å². The molecule has 0 atom stereocenters. The Morgan fingerprint density at radius 2 is 1.92 bits per heavy atom. The quantitative estimate of drug-likeness (QED) is 0.716. The molecule has 0 radical (unpaired) electrons. The van der Waals surface area contributed by atoms with Gasteiger partial charge in [0.1, 0.15) is 13.2 Å². The van der Waals surface area contributed by atoms with Crippen molar-refractivity contribution < 1.29 is 14.3 Å². The number of pyridine rings is 1. The summed E-state index contributed by atoms with van der Waals surface area (Å²) in [6, 6.07) is 11.2. The summed E-state index contributed by atoms with van der Waals surface area (Å²) in [6.45, 7) is 0.0320. The minimum absolute atomic E-state index is 0.169. The molecule has 0 bridgehead atoms. The number of para-hydroxylation sites is 1. The van der Waals surface area contributed by atoms with Crippen molar-refractivity contribution in [3.05, 3.63) is 54.4 Å². The molecular formula is C17H19N3O3S. The molecular weight excluding hydrogens is 326 g/mol. The number of aromatic nitrogens is 1. The molecule has 0 unspecified atom stereocenters. The minimum Gasteiger partial charge on any atom is -0.362 e. The Kier molecular flexibility index (Phi) is 7.25. The third-order valence-corrected chi connectivity index (χ3v) is 3.86. The largest absolute Gasteiger partial charge is 0.362 e. The van der Waals surface area contributed by atoms with Gasteiger partial charge in [-0.05, 0) is 30.0 Å². The Balaban J connectivity index is 1.67. The second-order valence-corrected chi connectivity index (χ2v) is 5.73. The zero-order chi connectivity index (χ0) is 17.2. The number of anilines is 1. The maximum atomic E-state index is 11.9. The topological polar surface area (TPSA) is 80.3 Å². The van der Waals surface area contributed by atoms with Crippen LogP contribution in [0.4, 0.5) is 5.69 Å². The Morgan fingerprint density at radius 1 is 1.12 bits per heavy atom. The van der Waals surface area contributed by atoms with Gasteiger partial charge in [-0.2, -0.15) is 0 Å². The zero-order valence-electron chi connectivity index (χ0n) is 13.3. The first-order valence-corrected chi connectivity index (χ1v) is 8.57. The number of carbonyl (C=O) groups is 2. The van der Waals surface area contributed by atoms with Gasteiger partial charge in [-0.3, -0.25) is 14.6 Å². The molecule has 2 N–H and O–H groups in total. The molecule has 1 heterocycles. The molecule has 6 nitrogen and oxygen atoms in total. The third-order valence-electron chi connectivity index (χ3n) is 3.06. The van der Waals surface area contributed by atoms with Crippen LogP contribution in [0.5, 0.6) is 0 Å². The Labute approximate surface area is 145 Å². The van der Waals surface area contributed by atoms with Crippen molar-refractivity contribution in [1.29, 1.82) is 0 Å². The molecule has 2 amide bonds. The first kappa shape index (κ1) is 18.0. The van der Waals surface area contributed by atoms with E-state index in [4.69, 9.17) is 4.74 Å². The van der Waals surface area contributed by atoms with E-state index in [9.17, 15) is 9.59 Å². The molecule has 0 fully saturated rings. The van der Waals surface area contributed by atoms with Crippen molar-refractivity contribution in [3.8, 4) is 0 Å². The Bertz CT molecular complexity index is 680. The van der Waals surface area contributed by atoms with Crippen LogP contribution < -0.4 is 10.6 Å². The average molecular weight is 345 g/mol. The van der Waals surface area contributed by atoms with Crippen LogP contribution in [0.1, 0.15) is 5.56 Å². The molecule has 1 aromatic carbocycles. The summed E-state index contributed by atoms with van der Waals surface area (Å²) < 4.78 is 5.14. The predicted octanol–water partition coefficient (Wildman–Crippen LogP) is 2.07. The van der Waals surface area contributed by atoms with Crippen LogP contribution in [0.2, 0.25) is 0 Å². The number of nitrogens with one attached hydrogen (secondary N) is 2. The molecule has 24 heavy (non-hydrogen) atoms. The van der Waals surface area contributed by atoms with Gasteiger partial charge in [0.2, 0.25) is 11.8 Å². The molecule has 1 aromatic heterocycles. The Hall–Kier alpha value is -2.38. The first-order chi connectivity index (χ1) is 11.7. The van der Waals surface area contributed by atoms with E-state index in [1.165, 1.54) is 0 Å². The lowest BCUT2D eigenvalue weighted by Crippen LogP contribution is -2.29. The second-order valence-electron chi connectivity index (χ2n) is 4.88. The van der Waals surface area contributed by atoms with E-state index < -0.39 is 0 Å². The lowest BCUT2D eigenvalue weighted by molar-refractivity contribution is -0.128.